The molecule has 0 heterocycles. The summed E-state index contributed by atoms with van der Waals surface area (Å²) in [5, 5.41) is 0. The summed E-state index contributed by atoms with van der Waals surface area (Å²) in [4.78, 5) is 11.1. The number of hydrogen-bond donors (Lipinski definition) is 0. The highest BCUT2D eigenvalue weighted by molar-refractivity contribution is 8.00. The van der Waals surface area contributed by atoms with Crippen molar-refractivity contribution in [1.29, 1.82) is 0 Å². The van der Waals surface area contributed by atoms with E-state index >= 15 is 0 Å². The molecule has 0 aromatic carbocycles. The molecule has 0 saturated carbocycles. The molecular weight excluding hydrogens is 144 g/mol. The number of carbonyl (C=O) groups excluding carboxylic acids is 1. The Hall–Kier alpha value is -0.420. The molecule has 0 radical (unpaired) electrons. The van der Waals surface area contributed by atoms with Crippen molar-refractivity contribution in [3.63, 3.8) is 0 Å². The smallest absolute Gasteiger partial charge is 0.160 e. The molecule has 0 aromatic rings. The minimum absolute atomic E-state index is 0.127. The first-order valence-electron chi connectivity index (χ1n) is 3.06. The molecule has 0 saturated heterocycles. The van der Waals surface area contributed by atoms with Gasteiger partial charge in [-0.3, -0.25) is 4.79 Å². The highest BCUT2D eigenvalue weighted by atomic mass is 32.2. The maximum Gasteiger partial charge on any atom is 0.160 e. The molecule has 0 rings (SSSR count). The summed E-state index contributed by atoms with van der Waals surface area (Å²) in [6.45, 7) is 3.77. The Morgan fingerprint density at radius 1 is 1.70 bits per heavy atom. The summed E-state index contributed by atoms with van der Waals surface area (Å²) in [6.07, 6.45) is 7.16. The minimum Gasteiger partial charge on any atom is -0.297 e. The third kappa shape index (κ3) is 2.45. The summed E-state index contributed by atoms with van der Waals surface area (Å²) in [5.41, 5.74) is 0. The number of carbonyl (C=O) groups is 1. The van der Waals surface area contributed by atoms with Crippen LogP contribution >= 0.6 is 11.8 Å². The van der Waals surface area contributed by atoms with E-state index in [0.717, 1.165) is 0 Å². The number of thioether (sulfide) groups is 1. The first-order chi connectivity index (χ1) is 4.54. The third-order valence-corrected chi connectivity index (χ3v) is 2.69. The fourth-order valence-corrected chi connectivity index (χ4v) is 0.719. The minimum atomic E-state index is -0.313. The van der Waals surface area contributed by atoms with E-state index < -0.39 is 0 Å². The van der Waals surface area contributed by atoms with Crippen molar-refractivity contribution in [2.45, 2.75) is 25.0 Å². The van der Waals surface area contributed by atoms with E-state index in [4.69, 9.17) is 6.42 Å². The van der Waals surface area contributed by atoms with Crippen LogP contribution in [0.1, 0.15) is 20.3 Å². The Labute approximate surface area is 66.6 Å². The van der Waals surface area contributed by atoms with Crippen LogP contribution in [0.4, 0.5) is 0 Å². The number of rotatable bonds is 3. The van der Waals surface area contributed by atoms with E-state index in [-0.39, 0.29) is 17.0 Å². The van der Waals surface area contributed by atoms with E-state index in [2.05, 4.69) is 5.92 Å². The van der Waals surface area contributed by atoms with Crippen LogP contribution in [-0.2, 0) is 4.79 Å². The molecule has 0 unspecified atom stereocenters. The molecule has 0 amide bonds. The Morgan fingerprint density at radius 2 is 2.20 bits per heavy atom. The normalized spacial score (nSPS) is 10.6. The molecule has 0 atom stereocenters. The lowest BCUT2D eigenvalue weighted by Crippen LogP contribution is -2.26. The van der Waals surface area contributed by atoms with E-state index in [1.807, 2.05) is 20.1 Å². The molecule has 0 spiro atoms. The second-order valence-electron chi connectivity index (χ2n) is 2.52. The first-order valence-corrected chi connectivity index (χ1v) is 4.29. The van der Waals surface area contributed by atoms with Crippen LogP contribution in [0.3, 0.4) is 0 Å². The zero-order valence-corrected chi connectivity index (χ0v) is 7.42. The van der Waals surface area contributed by atoms with E-state index in [1.54, 1.807) is 0 Å². The van der Waals surface area contributed by atoms with Gasteiger partial charge in [0.2, 0.25) is 0 Å². The average Bonchev–Trinajstić information content (AvgIpc) is 1.89. The van der Waals surface area contributed by atoms with Gasteiger partial charge in [0.25, 0.3) is 0 Å². The van der Waals surface area contributed by atoms with E-state index in [0.29, 0.717) is 0 Å². The Bertz CT molecular complexity index is 165. The molecule has 1 nitrogen and oxygen atoms in total. The van der Waals surface area contributed by atoms with Crippen molar-refractivity contribution in [3.8, 4) is 12.3 Å². The number of ketones is 1. The average molecular weight is 156 g/mol. The van der Waals surface area contributed by atoms with Crippen LogP contribution in [0.2, 0.25) is 0 Å². The molecule has 56 valence electrons. The molecule has 2 heteroatoms. The van der Waals surface area contributed by atoms with Gasteiger partial charge >= 0.3 is 0 Å². The van der Waals surface area contributed by atoms with Gasteiger partial charge in [-0.05, 0) is 20.1 Å². The molecule has 0 fully saturated rings. The van der Waals surface area contributed by atoms with Gasteiger partial charge in [-0.1, -0.05) is 5.92 Å². The molecule has 0 aliphatic rings. The predicted octanol–water partition coefficient (Wildman–Crippen LogP) is 1.72. The van der Waals surface area contributed by atoms with Gasteiger partial charge in [0.05, 0.1) is 11.2 Å². The number of Topliss-reactive ketones (excluding diaryl/α,β-unsaturated/α-hetero) is 1. The maximum absolute atomic E-state index is 11.1. The molecule has 0 aliphatic carbocycles. The first kappa shape index (κ1) is 9.58. The van der Waals surface area contributed by atoms with Crippen LogP contribution < -0.4 is 0 Å². The zero-order chi connectivity index (χ0) is 8.20. The van der Waals surface area contributed by atoms with Gasteiger partial charge in [-0.15, -0.1) is 6.42 Å². The molecule has 0 N–H and O–H groups in total. The monoisotopic (exact) mass is 156 g/mol. The standard InChI is InChI=1S/C8H12OS/c1-5-6-7(9)8(2,3)10-4/h1H,6H2,2-4H3. The summed E-state index contributed by atoms with van der Waals surface area (Å²) in [6, 6.07) is 0. The van der Waals surface area contributed by atoms with Crippen molar-refractivity contribution in [3.05, 3.63) is 0 Å². The molecule has 0 aliphatic heterocycles. The Balaban J connectivity index is 4.08. The summed E-state index contributed by atoms with van der Waals surface area (Å²) >= 11 is 1.53. The van der Waals surface area contributed by atoms with E-state index in [1.165, 1.54) is 11.8 Å². The Kier molecular flexibility index (Phi) is 3.52. The highest BCUT2D eigenvalue weighted by Gasteiger charge is 2.24. The second kappa shape index (κ2) is 3.68. The Morgan fingerprint density at radius 3 is 2.50 bits per heavy atom. The fraction of sp³-hybridized carbons (Fsp3) is 0.625. The molecule has 0 bridgehead atoms. The topological polar surface area (TPSA) is 17.1 Å². The SMILES string of the molecule is C#CCC(=O)C(C)(C)SC. The molecular formula is C8H12OS. The lowest BCUT2D eigenvalue weighted by atomic mass is 10.1. The van der Waals surface area contributed by atoms with Crippen LogP contribution in [-0.4, -0.2) is 16.8 Å². The van der Waals surface area contributed by atoms with Gasteiger partial charge in [0, 0.05) is 0 Å². The molecule has 10 heavy (non-hydrogen) atoms. The van der Waals surface area contributed by atoms with Crippen LogP contribution in [0.15, 0.2) is 0 Å². The number of terminal acetylenes is 1. The van der Waals surface area contributed by atoms with Crippen molar-refractivity contribution >= 4 is 17.5 Å². The van der Waals surface area contributed by atoms with Gasteiger partial charge in [0.15, 0.2) is 5.78 Å². The number of hydrogen-bond acceptors (Lipinski definition) is 2. The summed E-state index contributed by atoms with van der Waals surface area (Å²) in [7, 11) is 0. The third-order valence-electron chi connectivity index (χ3n) is 1.44. The van der Waals surface area contributed by atoms with Crippen molar-refractivity contribution in [1.82, 2.24) is 0 Å². The van der Waals surface area contributed by atoms with Crippen LogP contribution in [0.5, 0.6) is 0 Å². The largest absolute Gasteiger partial charge is 0.297 e. The summed E-state index contributed by atoms with van der Waals surface area (Å²) < 4.78 is -0.313. The van der Waals surface area contributed by atoms with E-state index in [9.17, 15) is 4.79 Å². The second-order valence-corrected chi connectivity index (χ2v) is 3.95. The zero-order valence-electron chi connectivity index (χ0n) is 6.60. The van der Waals surface area contributed by atoms with Gasteiger partial charge in [-0.25, -0.2) is 0 Å². The van der Waals surface area contributed by atoms with Gasteiger partial charge in [0.1, 0.15) is 0 Å². The van der Waals surface area contributed by atoms with Gasteiger partial charge < -0.3 is 0 Å². The van der Waals surface area contributed by atoms with Crippen molar-refractivity contribution < 1.29 is 4.79 Å². The lowest BCUT2D eigenvalue weighted by molar-refractivity contribution is -0.119. The van der Waals surface area contributed by atoms with Crippen LogP contribution in [0.25, 0.3) is 0 Å². The molecule has 0 aromatic heterocycles. The van der Waals surface area contributed by atoms with Crippen molar-refractivity contribution in [2.24, 2.45) is 0 Å². The quantitative estimate of drug-likeness (QED) is 0.579. The maximum atomic E-state index is 11.1. The van der Waals surface area contributed by atoms with Crippen LogP contribution in [0, 0.1) is 12.3 Å². The fourth-order valence-electron chi connectivity index (χ4n) is 0.419. The van der Waals surface area contributed by atoms with Crippen molar-refractivity contribution in [2.75, 3.05) is 6.26 Å². The van der Waals surface area contributed by atoms with Gasteiger partial charge in [-0.2, -0.15) is 11.8 Å². The lowest BCUT2D eigenvalue weighted by Gasteiger charge is -2.18. The summed E-state index contributed by atoms with van der Waals surface area (Å²) in [5.74, 6) is 2.47. The predicted molar refractivity (Wildman–Crippen MR) is 46.1 cm³/mol. The highest BCUT2D eigenvalue weighted by Crippen LogP contribution is 2.23.